The molecule has 19 heavy (non-hydrogen) atoms. The number of carbonyl (C=O) groups excluding carboxylic acids is 1. The van der Waals surface area contributed by atoms with Gasteiger partial charge in [-0.25, -0.2) is 0 Å². The van der Waals surface area contributed by atoms with Gasteiger partial charge in [0, 0.05) is 17.1 Å². The van der Waals surface area contributed by atoms with E-state index in [2.05, 4.69) is 48.1 Å². The number of benzene rings is 1. The first-order valence-corrected chi connectivity index (χ1v) is 7.62. The highest BCUT2D eigenvalue weighted by Gasteiger charge is 2.30. The Balaban J connectivity index is 2.21. The van der Waals surface area contributed by atoms with Crippen LogP contribution in [0.4, 0.5) is 5.69 Å². The van der Waals surface area contributed by atoms with Crippen LogP contribution in [0.2, 0.25) is 0 Å². The summed E-state index contributed by atoms with van der Waals surface area (Å²) in [5.74, 6) is 0.185. The van der Waals surface area contributed by atoms with Gasteiger partial charge in [0.2, 0.25) is 5.91 Å². The van der Waals surface area contributed by atoms with E-state index in [1.54, 1.807) is 0 Å². The summed E-state index contributed by atoms with van der Waals surface area (Å²) in [4.78, 5) is 14.4. The lowest BCUT2D eigenvalue weighted by atomic mass is 10.0. The second-order valence-electron chi connectivity index (χ2n) is 5.46. The van der Waals surface area contributed by atoms with E-state index < -0.39 is 0 Å². The molecule has 1 heterocycles. The van der Waals surface area contributed by atoms with Gasteiger partial charge < -0.3 is 10.2 Å². The number of aryl methyl sites for hydroxylation is 1. The van der Waals surface area contributed by atoms with Gasteiger partial charge in [0.25, 0.3) is 0 Å². The van der Waals surface area contributed by atoms with E-state index in [0.717, 1.165) is 29.5 Å². The normalized spacial score (nSPS) is 20.2. The topological polar surface area (TPSA) is 32.3 Å². The maximum absolute atomic E-state index is 12.5. The zero-order valence-corrected chi connectivity index (χ0v) is 13.3. The zero-order chi connectivity index (χ0) is 14.0. The summed E-state index contributed by atoms with van der Waals surface area (Å²) in [5, 5.41) is 3.36. The molecule has 3 nitrogen and oxygen atoms in total. The summed E-state index contributed by atoms with van der Waals surface area (Å²) < 4.78 is 0.992. The molecule has 1 N–H and O–H groups in total. The van der Waals surface area contributed by atoms with Gasteiger partial charge in [-0.05, 0) is 53.4 Å². The van der Waals surface area contributed by atoms with Crippen molar-refractivity contribution in [2.45, 2.75) is 45.7 Å². The van der Waals surface area contributed by atoms with Crippen molar-refractivity contribution in [1.29, 1.82) is 0 Å². The first kappa shape index (κ1) is 14.5. The van der Waals surface area contributed by atoms with Crippen molar-refractivity contribution in [3.05, 3.63) is 28.2 Å². The monoisotopic (exact) mass is 324 g/mol. The molecule has 2 rings (SSSR count). The Hall–Kier alpha value is -0.870. The standard InChI is InChI=1S/C15H21BrN2O/c1-10(2)17-13-5-4-8-18(15(13)19)14-7-6-11(3)9-12(14)16/h6-7,9-10,13,17H,4-5,8H2,1-3H3. The number of piperidine rings is 1. The molecule has 0 radical (unpaired) electrons. The van der Waals surface area contributed by atoms with Gasteiger partial charge in [-0.15, -0.1) is 0 Å². The van der Waals surface area contributed by atoms with E-state index in [1.807, 2.05) is 17.0 Å². The minimum Gasteiger partial charge on any atom is -0.310 e. The lowest BCUT2D eigenvalue weighted by molar-refractivity contribution is -0.121. The van der Waals surface area contributed by atoms with Crippen LogP contribution in [0.3, 0.4) is 0 Å². The Kier molecular flexibility index (Phi) is 4.63. The van der Waals surface area contributed by atoms with Crippen molar-refractivity contribution in [3.8, 4) is 0 Å². The lowest BCUT2D eigenvalue weighted by Crippen LogP contribution is -2.52. The van der Waals surface area contributed by atoms with Gasteiger partial charge in [-0.1, -0.05) is 19.9 Å². The van der Waals surface area contributed by atoms with Crippen LogP contribution in [0, 0.1) is 6.92 Å². The van der Waals surface area contributed by atoms with E-state index in [9.17, 15) is 4.79 Å². The van der Waals surface area contributed by atoms with Gasteiger partial charge in [-0.2, -0.15) is 0 Å². The van der Waals surface area contributed by atoms with E-state index in [0.29, 0.717) is 6.04 Å². The summed E-state index contributed by atoms with van der Waals surface area (Å²) in [6.45, 7) is 7.01. The molecule has 1 amide bonds. The SMILES string of the molecule is Cc1ccc(N2CCCC(NC(C)C)C2=O)c(Br)c1. The molecule has 1 atom stereocenters. The predicted molar refractivity (Wildman–Crippen MR) is 82.5 cm³/mol. The number of halogens is 1. The summed E-state index contributed by atoms with van der Waals surface area (Å²) in [5.41, 5.74) is 2.17. The molecule has 0 aromatic heterocycles. The Labute approximate surface area is 123 Å². The fourth-order valence-corrected chi connectivity index (χ4v) is 3.21. The van der Waals surface area contributed by atoms with Crippen molar-refractivity contribution in [3.63, 3.8) is 0 Å². The Bertz CT molecular complexity index is 473. The number of carbonyl (C=O) groups is 1. The Morgan fingerprint density at radius 2 is 2.16 bits per heavy atom. The molecule has 1 unspecified atom stereocenters. The van der Waals surface area contributed by atoms with Gasteiger partial charge >= 0.3 is 0 Å². The number of anilines is 1. The molecule has 0 bridgehead atoms. The van der Waals surface area contributed by atoms with E-state index >= 15 is 0 Å². The molecule has 1 aromatic carbocycles. The number of nitrogens with one attached hydrogen (secondary N) is 1. The molecular formula is C15H21BrN2O. The van der Waals surface area contributed by atoms with E-state index in [-0.39, 0.29) is 11.9 Å². The maximum atomic E-state index is 12.5. The van der Waals surface area contributed by atoms with Gasteiger partial charge in [0.15, 0.2) is 0 Å². The minimum absolute atomic E-state index is 0.0537. The second-order valence-corrected chi connectivity index (χ2v) is 6.32. The van der Waals surface area contributed by atoms with Crippen LogP contribution in [0.5, 0.6) is 0 Å². The smallest absolute Gasteiger partial charge is 0.244 e. The average Bonchev–Trinajstić information content (AvgIpc) is 2.32. The maximum Gasteiger partial charge on any atom is 0.244 e. The van der Waals surface area contributed by atoms with Gasteiger partial charge in [0.1, 0.15) is 0 Å². The third kappa shape index (κ3) is 3.37. The molecule has 1 aliphatic rings. The molecule has 104 valence electrons. The van der Waals surface area contributed by atoms with Gasteiger partial charge in [-0.3, -0.25) is 4.79 Å². The quantitative estimate of drug-likeness (QED) is 0.925. The van der Waals surface area contributed by atoms with Crippen molar-refractivity contribution >= 4 is 27.5 Å². The molecular weight excluding hydrogens is 304 g/mol. The Morgan fingerprint density at radius 3 is 2.79 bits per heavy atom. The molecule has 0 saturated carbocycles. The van der Waals surface area contributed by atoms with Crippen LogP contribution >= 0.6 is 15.9 Å². The number of nitrogens with zero attached hydrogens (tertiary/aromatic N) is 1. The molecule has 0 aliphatic carbocycles. The minimum atomic E-state index is -0.0537. The summed E-state index contributed by atoms with van der Waals surface area (Å²) in [6.07, 6.45) is 1.97. The van der Waals surface area contributed by atoms with Crippen LogP contribution in [0.15, 0.2) is 22.7 Å². The van der Waals surface area contributed by atoms with E-state index in [4.69, 9.17) is 0 Å². The van der Waals surface area contributed by atoms with Crippen molar-refractivity contribution in [1.82, 2.24) is 5.32 Å². The van der Waals surface area contributed by atoms with Crippen molar-refractivity contribution in [2.24, 2.45) is 0 Å². The first-order valence-electron chi connectivity index (χ1n) is 6.82. The van der Waals surface area contributed by atoms with Crippen LogP contribution < -0.4 is 10.2 Å². The molecule has 1 saturated heterocycles. The fourth-order valence-electron chi connectivity index (χ4n) is 2.50. The third-order valence-corrected chi connectivity index (χ3v) is 4.00. The predicted octanol–water partition coefficient (Wildman–Crippen LogP) is 3.25. The van der Waals surface area contributed by atoms with Crippen molar-refractivity contribution in [2.75, 3.05) is 11.4 Å². The largest absolute Gasteiger partial charge is 0.310 e. The molecule has 1 aromatic rings. The molecule has 1 fully saturated rings. The van der Waals surface area contributed by atoms with Crippen LogP contribution in [-0.2, 0) is 4.79 Å². The Morgan fingerprint density at radius 1 is 1.42 bits per heavy atom. The van der Waals surface area contributed by atoms with Crippen molar-refractivity contribution < 1.29 is 4.79 Å². The summed E-state index contributed by atoms with van der Waals surface area (Å²) in [7, 11) is 0. The van der Waals surface area contributed by atoms with Gasteiger partial charge in [0.05, 0.1) is 11.7 Å². The van der Waals surface area contributed by atoms with Crippen LogP contribution in [-0.4, -0.2) is 24.5 Å². The number of amides is 1. The molecule has 4 heteroatoms. The highest BCUT2D eigenvalue weighted by Crippen LogP contribution is 2.30. The number of rotatable bonds is 3. The number of hydrogen-bond donors (Lipinski definition) is 1. The first-order chi connectivity index (χ1) is 8.99. The number of hydrogen-bond acceptors (Lipinski definition) is 2. The second kappa shape index (κ2) is 6.06. The summed E-state index contributed by atoms with van der Waals surface area (Å²) >= 11 is 3.57. The highest BCUT2D eigenvalue weighted by molar-refractivity contribution is 9.10. The molecule has 0 spiro atoms. The average molecular weight is 325 g/mol. The van der Waals surface area contributed by atoms with Crippen LogP contribution in [0.1, 0.15) is 32.3 Å². The van der Waals surface area contributed by atoms with Crippen LogP contribution in [0.25, 0.3) is 0 Å². The zero-order valence-electron chi connectivity index (χ0n) is 11.7. The highest BCUT2D eigenvalue weighted by atomic mass is 79.9. The lowest BCUT2D eigenvalue weighted by Gasteiger charge is -2.34. The fraction of sp³-hybridized carbons (Fsp3) is 0.533. The summed E-state index contributed by atoms with van der Waals surface area (Å²) in [6, 6.07) is 6.40. The van der Waals surface area contributed by atoms with E-state index in [1.165, 1.54) is 5.56 Å². The third-order valence-electron chi connectivity index (χ3n) is 3.37. The molecule has 1 aliphatic heterocycles.